The minimum atomic E-state index is -3.83. The summed E-state index contributed by atoms with van der Waals surface area (Å²) >= 11 is 4.78. The molecule has 1 saturated heterocycles. The summed E-state index contributed by atoms with van der Waals surface area (Å²) in [6, 6.07) is 8.75. The van der Waals surface area contributed by atoms with Crippen LogP contribution in [0, 0.1) is 0 Å². The summed E-state index contributed by atoms with van der Waals surface area (Å²) in [6.07, 6.45) is 5.27. The summed E-state index contributed by atoms with van der Waals surface area (Å²) < 4.78 is 31.9. The number of aliphatic imine (C=N–C) groups is 2. The van der Waals surface area contributed by atoms with E-state index in [0.29, 0.717) is 36.3 Å². The van der Waals surface area contributed by atoms with Crippen molar-refractivity contribution >= 4 is 52.7 Å². The molecule has 2 aliphatic rings. The van der Waals surface area contributed by atoms with E-state index in [9.17, 15) is 18.4 Å². The Morgan fingerprint density at radius 1 is 1.26 bits per heavy atom. The lowest BCUT2D eigenvalue weighted by Gasteiger charge is -2.19. The van der Waals surface area contributed by atoms with Crippen molar-refractivity contribution in [2.24, 2.45) is 9.98 Å². The molecule has 3 aromatic rings. The Hall–Kier alpha value is -3.86. The molecular weight excluding hydrogens is 482 g/mol. The van der Waals surface area contributed by atoms with Crippen molar-refractivity contribution in [2.75, 3.05) is 18.4 Å². The zero-order valence-electron chi connectivity index (χ0n) is 18.1. The zero-order valence-corrected chi connectivity index (χ0v) is 18.9. The molecule has 5 rings (SSSR count). The van der Waals surface area contributed by atoms with Gasteiger partial charge in [-0.25, -0.2) is 9.98 Å². The number of imidazole rings is 1. The van der Waals surface area contributed by atoms with E-state index in [2.05, 4.69) is 30.3 Å². The number of amides is 2. The van der Waals surface area contributed by atoms with Crippen molar-refractivity contribution < 1.29 is 23.1 Å². The van der Waals surface area contributed by atoms with Crippen molar-refractivity contribution in [3.05, 3.63) is 53.9 Å². The fourth-order valence-corrected chi connectivity index (χ4v) is 4.29. The first kappa shape index (κ1) is 22.9. The quantitative estimate of drug-likeness (QED) is 0.503. The maximum atomic E-state index is 13.1. The number of alkyl halides is 3. The molecule has 0 bridgehead atoms. The van der Waals surface area contributed by atoms with Crippen LogP contribution in [0.2, 0.25) is 0 Å². The normalized spacial score (nSPS) is 19.7. The number of hydrogen-bond acceptors (Lipinski definition) is 6. The van der Waals surface area contributed by atoms with E-state index in [4.69, 9.17) is 11.6 Å². The van der Waals surface area contributed by atoms with Crippen molar-refractivity contribution in [3.8, 4) is 5.75 Å². The van der Waals surface area contributed by atoms with E-state index >= 15 is 0 Å². The van der Waals surface area contributed by atoms with Gasteiger partial charge in [0.15, 0.2) is 0 Å². The number of ether oxygens (including phenoxy) is 1. The number of aromatic nitrogens is 2. The Morgan fingerprint density at radius 3 is 2.71 bits per heavy atom. The molecule has 2 amide bonds. The third kappa shape index (κ3) is 4.99. The number of hydrogen-bond donors (Lipinski definition) is 2. The predicted octanol–water partition coefficient (Wildman–Crippen LogP) is 3.71. The minimum Gasteiger partial charge on any atom is -0.420 e. The summed E-state index contributed by atoms with van der Waals surface area (Å²) in [5, 5.41) is 5.58. The maximum Gasteiger partial charge on any atom is 0.487 e. The van der Waals surface area contributed by atoms with Crippen LogP contribution in [0.15, 0.2) is 52.7 Å². The molecule has 3 heterocycles. The summed E-state index contributed by atoms with van der Waals surface area (Å²) in [5.41, 5.74) is -0.851. The highest BCUT2D eigenvalue weighted by Gasteiger charge is 2.28. The molecule has 9 nitrogen and oxygen atoms in total. The third-order valence-corrected chi connectivity index (χ3v) is 5.85. The summed E-state index contributed by atoms with van der Waals surface area (Å²) in [7, 11) is 0. The van der Waals surface area contributed by atoms with Crippen LogP contribution in [0.5, 0.6) is 5.75 Å². The molecule has 1 aromatic heterocycles. The summed E-state index contributed by atoms with van der Waals surface area (Å²) in [6.45, 7) is 0.960. The van der Waals surface area contributed by atoms with Crippen LogP contribution in [0.4, 0.5) is 14.5 Å². The van der Waals surface area contributed by atoms with Gasteiger partial charge in [0.1, 0.15) is 12.1 Å². The Kier molecular flexibility index (Phi) is 5.93. The van der Waals surface area contributed by atoms with Gasteiger partial charge >= 0.3 is 5.57 Å². The third-order valence-electron chi connectivity index (χ3n) is 5.77. The number of anilines is 1. The van der Waals surface area contributed by atoms with Gasteiger partial charge in [-0.15, -0.1) is 8.78 Å². The Balaban J connectivity index is 1.46. The van der Waals surface area contributed by atoms with Gasteiger partial charge in [0, 0.05) is 47.9 Å². The Labute approximate surface area is 202 Å². The average Bonchev–Trinajstić information content (AvgIpc) is 3.45. The number of carbonyl (C=O) groups excluding carboxylic acids is 2. The molecular formula is C23H19ClF2N6O3. The Morgan fingerprint density at radius 2 is 2.06 bits per heavy atom. The molecule has 12 heteroatoms. The first-order chi connectivity index (χ1) is 16.8. The van der Waals surface area contributed by atoms with Crippen molar-refractivity contribution in [2.45, 2.75) is 23.9 Å². The SMILES string of the molecule is O=C1C[C@H](n2cnc3cc(C(=O)Nc4ccc(OC(F)(F)Cl)cc4)cc(C4C=NC=NC4)c32)CN1. The molecule has 2 atom stereocenters. The number of benzene rings is 2. The summed E-state index contributed by atoms with van der Waals surface area (Å²) in [4.78, 5) is 37.8. The average molecular weight is 501 g/mol. The number of rotatable bonds is 6. The van der Waals surface area contributed by atoms with Crippen LogP contribution in [-0.2, 0) is 4.79 Å². The van der Waals surface area contributed by atoms with Crippen molar-refractivity contribution in [3.63, 3.8) is 0 Å². The van der Waals surface area contributed by atoms with Crippen LogP contribution in [0.3, 0.4) is 0 Å². The molecule has 0 radical (unpaired) electrons. The molecule has 0 saturated carbocycles. The van der Waals surface area contributed by atoms with Gasteiger partial charge in [-0.3, -0.25) is 14.6 Å². The van der Waals surface area contributed by atoms with E-state index in [1.54, 1.807) is 24.7 Å². The zero-order chi connectivity index (χ0) is 24.6. The molecule has 2 aliphatic heterocycles. The van der Waals surface area contributed by atoms with Gasteiger partial charge in [0.25, 0.3) is 5.91 Å². The van der Waals surface area contributed by atoms with E-state index in [0.717, 1.165) is 11.1 Å². The van der Waals surface area contributed by atoms with Crippen LogP contribution < -0.4 is 15.4 Å². The second kappa shape index (κ2) is 9.06. The smallest absolute Gasteiger partial charge is 0.420 e. The van der Waals surface area contributed by atoms with Gasteiger partial charge in [0.05, 0.1) is 29.9 Å². The highest BCUT2D eigenvalue weighted by Crippen LogP contribution is 2.32. The van der Waals surface area contributed by atoms with Gasteiger partial charge in [-0.05, 0) is 42.0 Å². The lowest BCUT2D eigenvalue weighted by atomic mass is 9.95. The van der Waals surface area contributed by atoms with E-state index in [-0.39, 0.29) is 23.6 Å². The van der Waals surface area contributed by atoms with Crippen molar-refractivity contribution in [1.82, 2.24) is 14.9 Å². The number of fused-ring (bicyclic) bond motifs is 1. The molecule has 1 unspecified atom stereocenters. The number of nitrogens with one attached hydrogen (secondary N) is 2. The van der Waals surface area contributed by atoms with E-state index in [1.165, 1.54) is 30.6 Å². The van der Waals surface area contributed by atoms with Crippen LogP contribution >= 0.6 is 11.6 Å². The van der Waals surface area contributed by atoms with Gasteiger partial charge in [0.2, 0.25) is 5.91 Å². The first-order valence-corrected chi connectivity index (χ1v) is 11.1. The van der Waals surface area contributed by atoms with Crippen LogP contribution in [0.25, 0.3) is 11.0 Å². The molecule has 0 spiro atoms. The molecule has 2 aromatic carbocycles. The fourth-order valence-electron chi connectivity index (χ4n) is 4.20. The number of carbonyl (C=O) groups is 2. The lowest BCUT2D eigenvalue weighted by molar-refractivity contribution is -0.119. The second-order valence-corrected chi connectivity index (χ2v) is 8.60. The molecule has 180 valence electrons. The second-order valence-electron chi connectivity index (χ2n) is 8.16. The first-order valence-electron chi connectivity index (χ1n) is 10.7. The minimum absolute atomic E-state index is 0.0237. The topological polar surface area (TPSA) is 110 Å². The summed E-state index contributed by atoms with van der Waals surface area (Å²) in [5.74, 6) is -0.754. The van der Waals surface area contributed by atoms with Crippen LogP contribution in [-0.4, -0.2) is 52.6 Å². The number of halogens is 3. The highest BCUT2D eigenvalue weighted by atomic mass is 35.5. The molecule has 35 heavy (non-hydrogen) atoms. The highest BCUT2D eigenvalue weighted by molar-refractivity contribution is 6.20. The van der Waals surface area contributed by atoms with E-state index < -0.39 is 11.5 Å². The molecule has 0 aliphatic carbocycles. The Bertz CT molecular complexity index is 1350. The molecule has 1 fully saturated rings. The van der Waals surface area contributed by atoms with Gasteiger partial charge < -0.3 is 19.9 Å². The number of nitrogens with zero attached hydrogens (tertiary/aromatic N) is 4. The standard InChI is InChI=1S/C23H19ClF2N6O3/c24-23(25,26)35-17-3-1-15(2-4-17)31-22(34)13-5-18(14-8-27-11-28-9-14)21-19(6-13)30-12-32(21)16-7-20(33)29-10-16/h1-6,8,11-12,14,16H,7,9-10H2,(H,29,33)(H,31,34)/t14?,16-/m0/s1. The fraction of sp³-hybridized carbons (Fsp3) is 0.261. The van der Waals surface area contributed by atoms with Gasteiger partial charge in [-0.1, -0.05) is 0 Å². The van der Waals surface area contributed by atoms with E-state index in [1.807, 2.05) is 4.57 Å². The van der Waals surface area contributed by atoms with Crippen molar-refractivity contribution in [1.29, 1.82) is 0 Å². The monoisotopic (exact) mass is 500 g/mol. The predicted molar refractivity (Wildman–Crippen MR) is 127 cm³/mol. The van der Waals surface area contributed by atoms with Gasteiger partial charge in [-0.2, -0.15) is 0 Å². The largest absolute Gasteiger partial charge is 0.487 e. The van der Waals surface area contributed by atoms with Crippen LogP contribution in [0.1, 0.15) is 34.3 Å². The molecule has 2 N–H and O–H groups in total. The lowest BCUT2D eigenvalue weighted by Crippen LogP contribution is -2.17. The maximum absolute atomic E-state index is 13.1.